The molecular formula is C71H59F3N10O4. The van der Waals surface area contributed by atoms with E-state index in [0.29, 0.717) is 33.4 Å². The number of methoxy groups -OCH3 is 1. The normalized spacial score (nSPS) is 11.3. The van der Waals surface area contributed by atoms with E-state index in [-0.39, 0.29) is 34.6 Å². The lowest BCUT2D eigenvalue weighted by Crippen LogP contribution is -2.13. The van der Waals surface area contributed by atoms with Gasteiger partial charge in [-0.1, -0.05) is 73.7 Å². The quantitative estimate of drug-likeness (QED) is 0.0824. The Morgan fingerprint density at radius 2 is 0.977 bits per heavy atom. The molecule has 0 bridgehead atoms. The molecular weight excluding hydrogens is 1110 g/mol. The van der Waals surface area contributed by atoms with Gasteiger partial charge in [-0.15, -0.1) is 0 Å². The Kier molecular flexibility index (Phi) is 18.6. The minimum atomic E-state index is -0.669. The molecule has 12 aromatic rings. The fourth-order valence-electron chi connectivity index (χ4n) is 10.2. The summed E-state index contributed by atoms with van der Waals surface area (Å²) in [6.07, 6.45) is 13.1. The fourth-order valence-corrected chi connectivity index (χ4v) is 10.2. The number of carbonyl (C=O) groups is 3. The molecule has 6 aromatic carbocycles. The molecule has 1 unspecified atom stereocenters. The summed E-state index contributed by atoms with van der Waals surface area (Å²) in [6, 6.07) is 49.5. The fraction of sp³-hybridized carbons (Fsp3) is 0.127. The number of nitrogens with zero attached hydrogens (tertiary/aromatic N) is 7. The average Bonchev–Trinajstić information content (AvgIpc) is 1.37. The zero-order valence-corrected chi connectivity index (χ0v) is 48.3. The van der Waals surface area contributed by atoms with Crippen molar-refractivity contribution in [2.75, 3.05) is 7.11 Å². The molecule has 0 saturated carbocycles. The third-order valence-electron chi connectivity index (χ3n) is 14.9. The van der Waals surface area contributed by atoms with Gasteiger partial charge in [-0.25, -0.2) is 38.1 Å². The molecule has 438 valence electrons. The van der Waals surface area contributed by atoms with Gasteiger partial charge in [0.1, 0.15) is 46.1 Å². The first kappa shape index (κ1) is 60.1. The zero-order chi connectivity index (χ0) is 61.8. The number of pyridine rings is 5. The number of hydrogen-bond donors (Lipinski definition) is 3. The highest BCUT2D eigenvalue weighted by Crippen LogP contribution is 2.36. The third-order valence-corrected chi connectivity index (χ3v) is 14.9. The molecule has 88 heavy (non-hydrogen) atoms. The van der Waals surface area contributed by atoms with Crippen LogP contribution in [0, 0.1) is 24.4 Å². The van der Waals surface area contributed by atoms with E-state index in [0.717, 1.165) is 104 Å². The Labute approximate surface area is 505 Å². The predicted octanol–water partition coefficient (Wildman–Crippen LogP) is 13.2. The van der Waals surface area contributed by atoms with E-state index in [9.17, 15) is 27.6 Å². The number of rotatable bonds is 16. The van der Waals surface area contributed by atoms with Crippen LogP contribution in [0.5, 0.6) is 5.75 Å². The van der Waals surface area contributed by atoms with Crippen molar-refractivity contribution in [3.05, 3.63) is 275 Å². The summed E-state index contributed by atoms with van der Waals surface area (Å²) in [5.74, 6) is -1.63. The molecule has 12 rings (SSSR count). The van der Waals surface area contributed by atoms with Crippen LogP contribution in [0.3, 0.4) is 0 Å². The zero-order valence-electron chi connectivity index (χ0n) is 48.3. The first-order valence-electron chi connectivity index (χ1n) is 28.2. The first-order valence-corrected chi connectivity index (χ1v) is 28.2. The molecule has 6 N–H and O–H groups in total. The van der Waals surface area contributed by atoms with Gasteiger partial charge in [0.25, 0.3) is 17.7 Å². The lowest BCUT2D eigenvalue weighted by atomic mass is 9.92. The Morgan fingerprint density at radius 3 is 1.49 bits per heavy atom. The van der Waals surface area contributed by atoms with Crippen molar-refractivity contribution in [1.82, 2.24) is 34.9 Å². The van der Waals surface area contributed by atoms with E-state index in [4.69, 9.17) is 21.9 Å². The minimum Gasteiger partial charge on any atom is -0.497 e. The van der Waals surface area contributed by atoms with Crippen molar-refractivity contribution < 1.29 is 32.3 Å². The molecule has 0 aliphatic carbocycles. The van der Waals surface area contributed by atoms with Gasteiger partial charge in [0.05, 0.1) is 23.7 Å². The number of nitrogens with two attached hydrogens (primary N) is 3. The number of primary amides is 3. The van der Waals surface area contributed by atoms with Gasteiger partial charge in [0.15, 0.2) is 0 Å². The van der Waals surface area contributed by atoms with Gasteiger partial charge in [-0.3, -0.25) is 24.4 Å². The van der Waals surface area contributed by atoms with Gasteiger partial charge in [-0.2, -0.15) is 0 Å². The first-order chi connectivity index (χ1) is 42.5. The molecule has 17 heteroatoms. The molecule has 1 atom stereocenters. The summed E-state index contributed by atoms with van der Waals surface area (Å²) in [4.78, 5) is 65.7. The van der Waals surface area contributed by atoms with Crippen molar-refractivity contribution in [1.29, 1.82) is 0 Å². The second-order valence-corrected chi connectivity index (χ2v) is 21.0. The van der Waals surface area contributed by atoms with Crippen molar-refractivity contribution in [3.63, 3.8) is 0 Å². The Hall–Kier alpha value is -11.1. The van der Waals surface area contributed by atoms with Crippen LogP contribution >= 0.6 is 0 Å². The summed E-state index contributed by atoms with van der Waals surface area (Å²) in [7, 11) is 1.48. The Morgan fingerprint density at radius 1 is 0.477 bits per heavy atom. The molecule has 0 saturated heterocycles. The molecule has 6 heterocycles. The van der Waals surface area contributed by atoms with Gasteiger partial charge in [-0.05, 0) is 198 Å². The van der Waals surface area contributed by atoms with Crippen LogP contribution in [-0.2, 0) is 32.1 Å². The number of halogens is 3. The lowest BCUT2D eigenvalue weighted by Gasteiger charge is -2.15. The van der Waals surface area contributed by atoms with Crippen LogP contribution in [0.25, 0.3) is 66.1 Å². The standard InChI is InChI=1S/C25H23FN4O2.2C23H18FN3O/c1-14(8-16-12-28-15(2)29-13-16)17-4-6-20-21(11-24(25(27)31)30-23(20)9-17)19-7-5-18(32-3)10-22(19)26;24-18-6-4-17(5-7-18)20-14-22(23(25)28)27-21-13-16(3-8-19(20)21)2-1-15-9-11-26-12-10-15;24-17-8-6-16(7-9-17)20-14-22(23(25)28)27-21-13-15(5-11-19(20)21)4-10-18-3-1-2-12-26-18/h4-7,9-14H,8H2,1-3H3,(H2,27,31);3-14H,1-2H2,(H2,25,28);1-3,5-9,11-14H,4,10H2,(H2,25,28). The number of carbonyl (C=O) groups excluding carboxylic acids is 3. The topological polar surface area (TPSA) is 229 Å². The molecule has 0 aliphatic heterocycles. The maximum Gasteiger partial charge on any atom is 0.267 e. The van der Waals surface area contributed by atoms with Crippen LogP contribution in [-0.4, -0.2) is 59.7 Å². The second kappa shape index (κ2) is 27.3. The highest BCUT2D eigenvalue weighted by Gasteiger charge is 2.19. The van der Waals surface area contributed by atoms with Crippen molar-refractivity contribution >= 4 is 50.4 Å². The molecule has 0 aliphatic rings. The van der Waals surface area contributed by atoms with E-state index in [1.165, 1.54) is 49.1 Å². The van der Waals surface area contributed by atoms with Crippen LogP contribution in [0.15, 0.2) is 201 Å². The van der Waals surface area contributed by atoms with E-state index < -0.39 is 23.5 Å². The summed E-state index contributed by atoms with van der Waals surface area (Å²) >= 11 is 0. The highest BCUT2D eigenvalue weighted by molar-refractivity contribution is 6.03. The molecule has 6 aromatic heterocycles. The van der Waals surface area contributed by atoms with Gasteiger partial charge in [0, 0.05) is 64.5 Å². The van der Waals surface area contributed by atoms with E-state index >= 15 is 0 Å². The largest absolute Gasteiger partial charge is 0.497 e. The maximum absolute atomic E-state index is 14.8. The van der Waals surface area contributed by atoms with Crippen molar-refractivity contribution in [2.24, 2.45) is 17.2 Å². The average molecular weight is 1170 g/mol. The maximum atomic E-state index is 14.8. The van der Waals surface area contributed by atoms with Crippen LogP contribution in [0.2, 0.25) is 0 Å². The second-order valence-electron chi connectivity index (χ2n) is 21.0. The SMILES string of the molecule is COc1ccc(-c2cc(C(N)=O)nc3cc(C(C)Cc4cnc(C)nc4)ccc23)c(F)c1.NC(=O)c1cc(-c2ccc(F)cc2)c2ccc(CCc3ccccn3)cc2n1.NC(=O)c1cc(-c2ccc(F)cc2)c2ccc(CCc3ccncc3)cc2n1. The molecule has 0 radical (unpaired) electrons. The smallest absolute Gasteiger partial charge is 0.267 e. The van der Waals surface area contributed by atoms with E-state index in [1.54, 1.807) is 67.1 Å². The summed E-state index contributed by atoms with van der Waals surface area (Å²) < 4.78 is 46.6. The Balaban J connectivity index is 0.000000146. The van der Waals surface area contributed by atoms with Crippen LogP contribution in [0.1, 0.15) is 83.6 Å². The molecule has 0 fully saturated rings. The molecule has 14 nitrogen and oxygen atoms in total. The number of aryl methyl sites for hydroxylation is 5. The summed E-state index contributed by atoms with van der Waals surface area (Å²) in [5.41, 5.74) is 29.5. The number of hydrogen-bond acceptors (Lipinski definition) is 11. The number of ether oxygens (including phenoxy) is 1. The minimum absolute atomic E-state index is 0.0828. The third kappa shape index (κ3) is 14.7. The predicted molar refractivity (Wildman–Crippen MR) is 336 cm³/mol. The monoisotopic (exact) mass is 1170 g/mol. The molecule has 3 amide bonds. The number of fused-ring (bicyclic) bond motifs is 3. The number of amides is 3. The van der Waals surface area contributed by atoms with Gasteiger partial charge in [0.2, 0.25) is 0 Å². The van der Waals surface area contributed by atoms with Crippen molar-refractivity contribution in [3.8, 4) is 39.1 Å². The highest BCUT2D eigenvalue weighted by atomic mass is 19.1. The van der Waals surface area contributed by atoms with Crippen LogP contribution in [0.4, 0.5) is 13.2 Å². The van der Waals surface area contributed by atoms with E-state index in [1.807, 2.05) is 98.2 Å². The van der Waals surface area contributed by atoms with E-state index in [2.05, 4.69) is 47.9 Å². The van der Waals surface area contributed by atoms with Crippen LogP contribution < -0.4 is 21.9 Å². The lowest BCUT2D eigenvalue weighted by molar-refractivity contribution is 0.0987. The van der Waals surface area contributed by atoms with Gasteiger partial charge < -0.3 is 21.9 Å². The number of aromatic nitrogens is 7. The van der Waals surface area contributed by atoms with Gasteiger partial charge >= 0.3 is 0 Å². The summed E-state index contributed by atoms with van der Waals surface area (Å²) in [5, 5.41) is 2.51. The van der Waals surface area contributed by atoms with Crippen molar-refractivity contribution in [2.45, 2.75) is 51.9 Å². The number of benzene rings is 6. The molecule has 0 spiro atoms. The summed E-state index contributed by atoms with van der Waals surface area (Å²) in [6.45, 7) is 3.95. The Bertz CT molecular complexity index is 4320.